The molecule has 4 rings (SSSR count). The second-order valence-corrected chi connectivity index (χ2v) is 7.20. The van der Waals surface area contributed by atoms with Gasteiger partial charge in [-0.3, -0.25) is 0 Å². The number of anilines is 1. The first kappa shape index (κ1) is 17.7. The SMILES string of the molecule is CCc1cccc2nc(-c3cccnc3N3CC[C@H](N(C)C)C3)oc(=O)c12. The Hall–Kier alpha value is -2.73. The zero-order valence-corrected chi connectivity index (χ0v) is 16.0. The number of rotatable bonds is 4. The van der Waals surface area contributed by atoms with Gasteiger partial charge >= 0.3 is 5.63 Å². The van der Waals surface area contributed by atoms with Gasteiger partial charge in [0.25, 0.3) is 0 Å². The van der Waals surface area contributed by atoms with Gasteiger partial charge in [0.2, 0.25) is 5.89 Å². The van der Waals surface area contributed by atoms with E-state index in [4.69, 9.17) is 4.42 Å². The second kappa shape index (κ2) is 7.12. The Morgan fingerprint density at radius 2 is 2.11 bits per heavy atom. The molecule has 0 radical (unpaired) electrons. The fraction of sp³-hybridized carbons (Fsp3) is 0.381. The highest BCUT2D eigenvalue weighted by Gasteiger charge is 2.27. The zero-order valence-electron chi connectivity index (χ0n) is 16.0. The van der Waals surface area contributed by atoms with E-state index in [0.29, 0.717) is 22.8 Å². The van der Waals surface area contributed by atoms with Crippen molar-refractivity contribution < 1.29 is 4.42 Å². The van der Waals surface area contributed by atoms with Crippen molar-refractivity contribution in [3.63, 3.8) is 0 Å². The lowest BCUT2D eigenvalue weighted by Gasteiger charge is -2.22. The maximum atomic E-state index is 12.7. The van der Waals surface area contributed by atoms with Crippen molar-refractivity contribution in [2.24, 2.45) is 0 Å². The van der Waals surface area contributed by atoms with Crippen LogP contribution in [0.25, 0.3) is 22.4 Å². The summed E-state index contributed by atoms with van der Waals surface area (Å²) in [5.74, 6) is 1.15. The lowest BCUT2D eigenvalue weighted by Crippen LogP contribution is -2.31. The number of aryl methyl sites for hydroxylation is 1. The molecule has 140 valence electrons. The summed E-state index contributed by atoms with van der Waals surface area (Å²) in [6.45, 7) is 3.84. The number of likely N-dealkylation sites (N-methyl/N-ethyl adjacent to an activating group) is 1. The molecule has 1 atom stereocenters. The molecule has 0 N–H and O–H groups in total. The van der Waals surface area contributed by atoms with E-state index in [-0.39, 0.29) is 5.63 Å². The van der Waals surface area contributed by atoms with Crippen LogP contribution < -0.4 is 10.5 Å². The predicted molar refractivity (Wildman–Crippen MR) is 107 cm³/mol. The monoisotopic (exact) mass is 364 g/mol. The molecule has 1 aliphatic rings. The molecule has 0 unspecified atom stereocenters. The lowest BCUT2D eigenvalue weighted by atomic mass is 10.1. The van der Waals surface area contributed by atoms with Crippen LogP contribution >= 0.6 is 0 Å². The van der Waals surface area contributed by atoms with Crippen LogP contribution in [0.4, 0.5) is 5.82 Å². The Morgan fingerprint density at radius 3 is 2.85 bits per heavy atom. The van der Waals surface area contributed by atoms with Crippen molar-refractivity contribution in [2.75, 3.05) is 32.1 Å². The van der Waals surface area contributed by atoms with Crippen LogP contribution in [-0.2, 0) is 6.42 Å². The summed E-state index contributed by atoms with van der Waals surface area (Å²) in [5.41, 5.74) is 2.05. The van der Waals surface area contributed by atoms with Crippen molar-refractivity contribution >= 4 is 16.7 Å². The quantitative estimate of drug-likeness (QED) is 0.709. The van der Waals surface area contributed by atoms with Crippen LogP contribution in [-0.4, -0.2) is 48.1 Å². The smallest absolute Gasteiger partial charge is 0.347 e. The first-order chi connectivity index (χ1) is 13.1. The van der Waals surface area contributed by atoms with Crippen LogP contribution in [0.1, 0.15) is 18.9 Å². The van der Waals surface area contributed by atoms with Crippen LogP contribution in [0.5, 0.6) is 0 Å². The molecule has 3 aromatic rings. The van der Waals surface area contributed by atoms with Crippen LogP contribution in [0.2, 0.25) is 0 Å². The summed E-state index contributed by atoms with van der Waals surface area (Å²) in [6, 6.07) is 10.0. The molecule has 0 aliphatic carbocycles. The van der Waals surface area contributed by atoms with Crippen LogP contribution in [0.15, 0.2) is 45.7 Å². The average molecular weight is 364 g/mol. The second-order valence-electron chi connectivity index (χ2n) is 7.20. The lowest BCUT2D eigenvalue weighted by molar-refractivity contribution is 0.315. The summed E-state index contributed by atoms with van der Waals surface area (Å²) < 4.78 is 5.65. The van der Waals surface area contributed by atoms with E-state index in [1.165, 1.54) is 0 Å². The van der Waals surface area contributed by atoms with E-state index >= 15 is 0 Å². The molecule has 1 saturated heterocycles. The van der Waals surface area contributed by atoms with Crippen molar-refractivity contribution in [3.05, 3.63) is 52.5 Å². The Kier molecular flexibility index (Phi) is 4.66. The average Bonchev–Trinajstić information content (AvgIpc) is 3.17. The van der Waals surface area contributed by atoms with E-state index in [1.54, 1.807) is 6.20 Å². The number of aromatic nitrogens is 2. The third-order valence-electron chi connectivity index (χ3n) is 5.34. The molecule has 6 nitrogen and oxygen atoms in total. The Balaban J connectivity index is 1.80. The van der Waals surface area contributed by atoms with Gasteiger partial charge in [-0.1, -0.05) is 19.1 Å². The van der Waals surface area contributed by atoms with Crippen molar-refractivity contribution in [3.8, 4) is 11.5 Å². The summed E-state index contributed by atoms with van der Waals surface area (Å²) in [5, 5.41) is 0.572. The summed E-state index contributed by atoms with van der Waals surface area (Å²) >= 11 is 0. The Bertz CT molecular complexity index is 1030. The Morgan fingerprint density at radius 1 is 1.26 bits per heavy atom. The molecule has 3 heterocycles. The molecule has 0 spiro atoms. The molecular formula is C21H24N4O2. The number of pyridine rings is 1. The molecule has 0 bridgehead atoms. The maximum Gasteiger partial charge on any atom is 0.347 e. The molecule has 0 saturated carbocycles. The first-order valence-electron chi connectivity index (χ1n) is 9.38. The van der Waals surface area contributed by atoms with Gasteiger partial charge in [0, 0.05) is 25.3 Å². The third kappa shape index (κ3) is 3.21. The van der Waals surface area contributed by atoms with Gasteiger partial charge in [0.1, 0.15) is 5.82 Å². The number of fused-ring (bicyclic) bond motifs is 1. The molecule has 0 amide bonds. The topological polar surface area (TPSA) is 62.5 Å². The highest BCUT2D eigenvalue weighted by molar-refractivity contribution is 5.83. The third-order valence-corrected chi connectivity index (χ3v) is 5.34. The molecule has 1 aromatic carbocycles. The van der Waals surface area contributed by atoms with Gasteiger partial charge in [-0.25, -0.2) is 14.8 Å². The minimum atomic E-state index is -0.338. The molecule has 1 fully saturated rings. The molecular weight excluding hydrogens is 340 g/mol. The predicted octanol–water partition coefficient (Wildman–Crippen LogP) is 2.95. The van der Waals surface area contributed by atoms with E-state index in [2.05, 4.69) is 33.9 Å². The maximum absolute atomic E-state index is 12.7. The fourth-order valence-electron chi connectivity index (χ4n) is 3.77. The van der Waals surface area contributed by atoms with Crippen LogP contribution in [0.3, 0.4) is 0 Å². The molecule has 2 aromatic heterocycles. The molecule has 27 heavy (non-hydrogen) atoms. The fourth-order valence-corrected chi connectivity index (χ4v) is 3.77. The largest absolute Gasteiger partial charge is 0.403 e. The van der Waals surface area contributed by atoms with E-state index in [9.17, 15) is 4.79 Å². The van der Waals surface area contributed by atoms with E-state index in [1.807, 2.05) is 37.3 Å². The van der Waals surface area contributed by atoms with Gasteiger partial charge in [-0.05, 0) is 50.7 Å². The summed E-state index contributed by atoms with van der Waals surface area (Å²) in [7, 11) is 4.20. The normalized spacial score (nSPS) is 17.2. The van der Waals surface area contributed by atoms with Crippen molar-refractivity contribution in [1.82, 2.24) is 14.9 Å². The van der Waals surface area contributed by atoms with Crippen LogP contribution in [0, 0.1) is 0 Å². The van der Waals surface area contributed by atoms with Crippen molar-refractivity contribution in [1.29, 1.82) is 0 Å². The zero-order chi connectivity index (χ0) is 19.0. The van der Waals surface area contributed by atoms with Gasteiger partial charge < -0.3 is 14.2 Å². The minimum Gasteiger partial charge on any atom is -0.403 e. The Labute approximate surface area is 158 Å². The van der Waals surface area contributed by atoms with Gasteiger partial charge in [-0.2, -0.15) is 0 Å². The number of hydrogen-bond acceptors (Lipinski definition) is 6. The van der Waals surface area contributed by atoms with Gasteiger partial charge in [-0.15, -0.1) is 0 Å². The highest BCUT2D eigenvalue weighted by atomic mass is 16.4. The number of nitrogens with zero attached hydrogens (tertiary/aromatic N) is 4. The number of benzene rings is 1. The van der Waals surface area contributed by atoms with Crippen molar-refractivity contribution in [2.45, 2.75) is 25.8 Å². The highest BCUT2D eigenvalue weighted by Crippen LogP contribution is 2.31. The minimum absolute atomic E-state index is 0.331. The summed E-state index contributed by atoms with van der Waals surface area (Å²) in [6.07, 6.45) is 3.62. The summed E-state index contributed by atoms with van der Waals surface area (Å²) in [4.78, 5) is 26.4. The standard InChI is InChI=1S/C21H24N4O2/c1-4-14-7-5-9-17-18(14)21(26)27-20(23-17)16-8-6-11-22-19(16)25-12-10-15(13-25)24(2)3/h5-9,11,15H,4,10,12-13H2,1-3H3/t15-/m0/s1. The molecule has 6 heteroatoms. The molecule has 1 aliphatic heterocycles. The van der Waals surface area contributed by atoms with Gasteiger partial charge in [0.15, 0.2) is 0 Å². The van der Waals surface area contributed by atoms with Gasteiger partial charge in [0.05, 0.1) is 16.5 Å². The first-order valence-corrected chi connectivity index (χ1v) is 9.38. The van der Waals surface area contributed by atoms with E-state index in [0.717, 1.165) is 42.9 Å². The van der Waals surface area contributed by atoms with E-state index < -0.39 is 0 Å². The number of hydrogen-bond donors (Lipinski definition) is 0.